The van der Waals surface area contributed by atoms with Gasteiger partial charge in [-0.15, -0.1) is 11.6 Å². The Hall–Kier alpha value is -0.680. The van der Waals surface area contributed by atoms with Gasteiger partial charge in [0.1, 0.15) is 5.38 Å². The highest BCUT2D eigenvalue weighted by Crippen LogP contribution is 2.40. The minimum absolute atomic E-state index is 0.106. The zero-order valence-corrected chi connectivity index (χ0v) is 11.4. The molecule has 0 fully saturated rings. The van der Waals surface area contributed by atoms with Crippen LogP contribution in [0, 0.1) is 0 Å². The van der Waals surface area contributed by atoms with E-state index < -0.39 is 10.9 Å². The highest BCUT2D eigenvalue weighted by molar-refractivity contribution is 8.00. The molecule has 6 heteroatoms. The number of aryl methyl sites for hydroxylation is 1. The fourth-order valence-electron chi connectivity index (χ4n) is 1.48. The Morgan fingerprint density at radius 1 is 1.44 bits per heavy atom. The molecular formula is C12H12ClF3OS. The van der Waals surface area contributed by atoms with Crippen LogP contribution in [-0.4, -0.2) is 11.3 Å². The number of rotatable bonds is 4. The van der Waals surface area contributed by atoms with Crippen LogP contribution >= 0.6 is 23.4 Å². The number of alkyl halides is 4. The third-order valence-corrected chi connectivity index (χ3v) is 3.74. The van der Waals surface area contributed by atoms with E-state index in [-0.39, 0.29) is 22.4 Å². The zero-order chi connectivity index (χ0) is 13.9. The van der Waals surface area contributed by atoms with E-state index in [0.717, 1.165) is 0 Å². The minimum Gasteiger partial charge on any atom is -0.298 e. The molecule has 0 saturated heterocycles. The monoisotopic (exact) mass is 296 g/mol. The molecule has 1 aromatic carbocycles. The zero-order valence-electron chi connectivity index (χ0n) is 9.84. The maximum Gasteiger partial charge on any atom is 0.446 e. The first-order chi connectivity index (χ1) is 8.24. The summed E-state index contributed by atoms with van der Waals surface area (Å²) in [6.45, 7) is 3.08. The van der Waals surface area contributed by atoms with Gasteiger partial charge in [0.2, 0.25) is 0 Å². The Morgan fingerprint density at radius 2 is 2.06 bits per heavy atom. The van der Waals surface area contributed by atoms with Crippen LogP contribution in [0.5, 0.6) is 0 Å². The lowest BCUT2D eigenvalue weighted by Crippen LogP contribution is -2.05. The number of thioether (sulfide) groups is 1. The smallest absolute Gasteiger partial charge is 0.298 e. The summed E-state index contributed by atoms with van der Waals surface area (Å²) < 4.78 is 37.2. The summed E-state index contributed by atoms with van der Waals surface area (Å²) in [5.41, 5.74) is -3.36. The minimum atomic E-state index is -4.35. The molecule has 0 saturated carbocycles. The first-order valence-corrected chi connectivity index (χ1v) is 6.53. The SMILES string of the molecule is CCc1ccc(C(Cl)C(C)=O)cc1SC(F)(F)F. The van der Waals surface area contributed by atoms with Gasteiger partial charge in [-0.05, 0) is 42.3 Å². The summed E-state index contributed by atoms with van der Waals surface area (Å²) in [6, 6.07) is 4.52. The maximum absolute atomic E-state index is 12.4. The Bertz CT molecular complexity index is 445. The number of Topliss-reactive ketones (excluding diaryl/α,β-unsaturated/α-hetero) is 1. The van der Waals surface area contributed by atoms with Gasteiger partial charge < -0.3 is 0 Å². The standard InChI is InChI=1S/C12H12ClF3OS/c1-3-8-4-5-9(11(13)7(2)17)6-10(8)18-12(14,15)16/h4-6,11H,3H2,1-2H3. The van der Waals surface area contributed by atoms with Gasteiger partial charge in [-0.2, -0.15) is 13.2 Å². The van der Waals surface area contributed by atoms with Crippen molar-refractivity contribution in [2.24, 2.45) is 0 Å². The van der Waals surface area contributed by atoms with Crippen molar-refractivity contribution in [2.75, 3.05) is 0 Å². The molecule has 1 nitrogen and oxygen atoms in total. The maximum atomic E-state index is 12.4. The number of carbonyl (C=O) groups excluding carboxylic acids is 1. The van der Waals surface area contributed by atoms with Gasteiger partial charge in [0.25, 0.3) is 0 Å². The number of halogens is 4. The molecule has 0 amide bonds. The quantitative estimate of drug-likeness (QED) is 0.590. The molecule has 0 radical (unpaired) electrons. The summed E-state index contributed by atoms with van der Waals surface area (Å²) in [4.78, 5) is 11.2. The molecule has 1 atom stereocenters. The fraction of sp³-hybridized carbons (Fsp3) is 0.417. The molecule has 0 heterocycles. The lowest BCUT2D eigenvalue weighted by molar-refractivity contribution is -0.116. The van der Waals surface area contributed by atoms with Crippen molar-refractivity contribution in [3.8, 4) is 0 Å². The molecule has 0 aromatic heterocycles. The number of benzene rings is 1. The van der Waals surface area contributed by atoms with Gasteiger partial charge in [-0.3, -0.25) is 4.79 Å². The fourth-order valence-corrected chi connectivity index (χ4v) is 2.40. The summed E-state index contributed by atoms with van der Waals surface area (Å²) in [6.07, 6.45) is 0.492. The lowest BCUT2D eigenvalue weighted by atomic mass is 10.1. The van der Waals surface area contributed by atoms with Gasteiger partial charge in [0.15, 0.2) is 5.78 Å². The van der Waals surface area contributed by atoms with Crippen molar-refractivity contribution in [2.45, 2.75) is 36.0 Å². The molecule has 18 heavy (non-hydrogen) atoms. The van der Waals surface area contributed by atoms with Gasteiger partial charge in [-0.25, -0.2) is 0 Å². The van der Waals surface area contributed by atoms with Gasteiger partial charge in [0.05, 0.1) is 0 Å². The van der Waals surface area contributed by atoms with Crippen LogP contribution in [0.1, 0.15) is 30.4 Å². The van der Waals surface area contributed by atoms with Crippen molar-refractivity contribution in [1.82, 2.24) is 0 Å². The molecule has 1 aromatic rings. The van der Waals surface area contributed by atoms with E-state index >= 15 is 0 Å². The number of ketones is 1. The van der Waals surface area contributed by atoms with E-state index in [1.165, 1.54) is 13.0 Å². The molecule has 0 spiro atoms. The largest absolute Gasteiger partial charge is 0.446 e. The predicted octanol–water partition coefficient (Wildman–Crippen LogP) is 4.73. The highest BCUT2D eigenvalue weighted by atomic mass is 35.5. The van der Waals surface area contributed by atoms with Crippen LogP contribution in [-0.2, 0) is 11.2 Å². The lowest BCUT2D eigenvalue weighted by Gasteiger charge is -2.13. The van der Waals surface area contributed by atoms with Gasteiger partial charge in [0, 0.05) is 4.90 Å². The second-order valence-electron chi connectivity index (χ2n) is 3.74. The molecule has 0 aliphatic rings. The Morgan fingerprint density at radius 3 is 2.50 bits per heavy atom. The topological polar surface area (TPSA) is 17.1 Å². The molecule has 100 valence electrons. The first kappa shape index (κ1) is 15.4. The average molecular weight is 297 g/mol. The van der Waals surface area contributed by atoms with E-state index in [4.69, 9.17) is 11.6 Å². The average Bonchev–Trinajstić information content (AvgIpc) is 2.25. The van der Waals surface area contributed by atoms with E-state index in [0.29, 0.717) is 17.5 Å². The second-order valence-corrected chi connectivity index (χ2v) is 5.29. The van der Waals surface area contributed by atoms with Crippen molar-refractivity contribution in [3.63, 3.8) is 0 Å². The Labute approximate surface area is 113 Å². The predicted molar refractivity (Wildman–Crippen MR) is 67.0 cm³/mol. The van der Waals surface area contributed by atoms with Crippen molar-refractivity contribution in [1.29, 1.82) is 0 Å². The molecule has 0 N–H and O–H groups in total. The summed E-state index contributed by atoms with van der Waals surface area (Å²) in [5.74, 6) is -0.288. The van der Waals surface area contributed by atoms with Crippen LogP contribution < -0.4 is 0 Å². The summed E-state index contributed by atoms with van der Waals surface area (Å²) in [7, 11) is 0. The van der Waals surface area contributed by atoms with E-state index in [2.05, 4.69) is 0 Å². The summed E-state index contributed by atoms with van der Waals surface area (Å²) in [5, 5.41) is -0.900. The van der Waals surface area contributed by atoms with E-state index in [9.17, 15) is 18.0 Å². The van der Waals surface area contributed by atoms with Crippen LogP contribution in [0.4, 0.5) is 13.2 Å². The third kappa shape index (κ3) is 4.21. The molecular weight excluding hydrogens is 285 g/mol. The highest BCUT2D eigenvalue weighted by Gasteiger charge is 2.30. The van der Waals surface area contributed by atoms with Crippen LogP contribution in [0.15, 0.2) is 23.1 Å². The third-order valence-electron chi connectivity index (χ3n) is 2.35. The van der Waals surface area contributed by atoms with Gasteiger partial charge >= 0.3 is 5.51 Å². The molecule has 0 bridgehead atoms. The summed E-state index contributed by atoms with van der Waals surface area (Å²) >= 11 is 5.67. The van der Waals surface area contributed by atoms with E-state index in [1.54, 1.807) is 19.1 Å². The number of carbonyl (C=O) groups is 1. The van der Waals surface area contributed by atoms with Crippen molar-refractivity contribution in [3.05, 3.63) is 29.3 Å². The van der Waals surface area contributed by atoms with Crippen molar-refractivity contribution < 1.29 is 18.0 Å². The number of hydrogen-bond acceptors (Lipinski definition) is 2. The van der Waals surface area contributed by atoms with Crippen LogP contribution in [0.25, 0.3) is 0 Å². The first-order valence-electron chi connectivity index (χ1n) is 5.27. The van der Waals surface area contributed by atoms with E-state index in [1.807, 2.05) is 0 Å². The Kier molecular flexibility index (Phi) is 5.10. The Balaban J connectivity index is 3.13. The number of hydrogen-bond donors (Lipinski definition) is 0. The molecule has 1 rings (SSSR count). The normalized spacial score (nSPS) is 13.4. The van der Waals surface area contributed by atoms with Crippen molar-refractivity contribution >= 4 is 29.1 Å². The molecule has 0 aliphatic carbocycles. The van der Waals surface area contributed by atoms with Gasteiger partial charge in [-0.1, -0.05) is 19.1 Å². The molecule has 1 unspecified atom stereocenters. The van der Waals surface area contributed by atoms with Crippen LogP contribution in [0.2, 0.25) is 0 Å². The molecule has 0 aliphatic heterocycles. The van der Waals surface area contributed by atoms with Crippen LogP contribution in [0.3, 0.4) is 0 Å². The second kappa shape index (κ2) is 5.97.